The van der Waals surface area contributed by atoms with Gasteiger partial charge in [0.2, 0.25) is 11.1 Å². The van der Waals surface area contributed by atoms with E-state index in [2.05, 4.69) is 0 Å². The number of carbonyl (C=O) groups excluding carboxylic acids is 2. The van der Waals surface area contributed by atoms with Gasteiger partial charge in [0.25, 0.3) is 0 Å². The summed E-state index contributed by atoms with van der Waals surface area (Å²) in [6.07, 6.45) is 1.92. The van der Waals surface area contributed by atoms with Gasteiger partial charge in [-0.1, -0.05) is 18.2 Å². The molecule has 0 aliphatic carbocycles. The molecule has 5 heteroatoms. The zero-order valence-corrected chi connectivity index (χ0v) is 12.0. The van der Waals surface area contributed by atoms with Crippen LogP contribution in [-0.4, -0.2) is 35.7 Å². The highest BCUT2D eigenvalue weighted by Crippen LogP contribution is 2.19. The zero-order chi connectivity index (χ0) is 14.4. The van der Waals surface area contributed by atoms with Crippen LogP contribution in [0.1, 0.15) is 19.3 Å². The van der Waals surface area contributed by atoms with Crippen molar-refractivity contribution in [3.05, 3.63) is 30.3 Å². The van der Waals surface area contributed by atoms with E-state index in [0.29, 0.717) is 26.1 Å². The highest BCUT2D eigenvalue weighted by atomic mass is 35.5. The van der Waals surface area contributed by atoms with Crippen LogP contribution < -0.4 is 4.74 Å². The Bertz CT molecular complexity index is 463. The molecule has 1 atom stereocenters. The van der Waals surface area contributed by atoms with Gasteiger partial charge >= 0.3 is 0 Å². The summed E-state index contributed by atoms with van der Waals surface area (Å²) in [4.78, 5) is 24.9. The minimum Gasteiger partial charge on any atom is -0.493 e. The summed E-state index contributed by atoms with van der Waals surface area (Å²) in [6.45, 7) is 1.48. The van der Waals surface area contributed by atoms with Crippen LogP contribution in [0.3, 0.4) is 0 Å². The number of benzene rings is 1. The van der Waals surface area contributed by atoms with Crippen LogP contribution in [0.25, 0.3) is 0 Å². The maximum atomic E-state index is 12.0. The van der Waals surface area contributed by atoms with Crippen molar-refractivity contribution in [2.24, 2.45) is 5.92 Å². The highest BCUT2D eigenvalue weighted by molar-refractivity contribution is 6.64. The molecule has 0 radical (unpaired) electrons. The molecule has 0 saturated carbocycles. The summed E-state index contributed by atoms with van der Waals surface area (Å²) in [5, 5.41) is -0.344. The van der Waals surface area contributed by atoms with Crippen molar-refractivity contribution in [2.45, 2.75) is 19.3 Å². The van der Waals surface area contributed by atoms with Gasteiger partial charge in [0, 0.05) is 13.1 Å². The number of para-hydroxylation sites is 1. The van der Waals surface area contributed by atoms with Crippen molar-refractivity contribution in [3.8, 4) is 5.75 Å². The Balaban J connectivity index is 1.75. The van der Waals surface area contributed by atoms with Gasteiger partial charge in [-0.3, -0.25) is 9.59 Å². The van der Waals surface area contributed by atoms with E-state index in [0.717, 1.165) is 18.6 Å². The predicted octanol–water partition coefficient (Wildman–Crippen LogP) is 2.46. The second kappa shape index (κ2) is 7.29. The quantitative estimate of drug-likeness (QED) is 0.784. The van der Waals surface area contributed by atoms with E-state index in [-0.39, 0.29) is 17.1 Å². The predicted molar refractivity (Wildman–Crippen MR) is 76.7 cm³/mol. The third kappa shape index (κ3) is 4.23. The summed E-state index contributed by atoms with van der Waals surface area (Å²) < 4.78 is 5.50. The number of piperidine rings is 1. The minimum atomic E-state index is -0.344. The normalized spacial score (nSPS) is 18.6. The lowest BCUT2D eigenvalue weighted by Gasteiger charge is -2.31. The van der Waals surface area contributed by atoms with E-state index in [1.54, 1.807) is 4.90 Å². The first-order valence-corrected chi connectivity index (χ1v) is 7.19. The summed E-state index contributed by atoms with van der Waals surface area (Å²) in [6, 6.07) is 9.40. The van der Waals surface area contributed by atoms with Gasteiger partial charge in [-0.2, -0.15) is 0 Å². The lowest BCUT2D eigenvalue weighted by atomic mass is 9.99. The van der Waals surface area contributed by atoms with E-state index in [9.17, 15) is 9.59 Å². The average Bonchev–Trinajstić information content (AvgIpc) is 2.48. The summed E-state index contributed by atoms with van der Waals surface area (Å²) in [5.41, 5.74) is 0. The molecule has 1 aromatic carbocycles. The minimum absolute atomic E-state index is 0.0172. The smallest absolute Gasteiger partial charge is 0.226 e. The van der Waals surface area contributed by atoms with Crippen LogP contribution in [0.2, 0.25) is 0 Å². The number of hydrogen-bond acceptors (Lipinski definition) is 3. The van der Waals surface area contributed by atoms with Gasteiger partial charge in [-0.25, -0.2) is 0 Å². The van der Waals surface area contributed by atoms with Crippen LogP contribution >= 0.6 is 11.6 Å². The number of halogens is 1. The Morgan fingerprint density at radius 1 is 1.30 bits per heavy atom. The molecule has 0 aromatic heterocycles. The van der Waals surface area contributed by atoms with Crippen LogP contribution in [0.15, 0.2) is 30.3 Å². The zero-order valence-electron chi connectivity index (χ0n) is 11.3. The van der Waals surface area contributed by atoms with E-state index < -0.39 is 0 Å². The molecule has 0 spiro atoms. The lowest BCUT2D eigenvalue weighted by Crippen LogP contribution is -2.41. The SMILES string of the molecule is O=C(Cl)C1CCCN(C(=O)CCOc2ccccc2)C1. The fourth-order valence-corrected chi connectivity index (χ4v) is 2.50. The molecule has 0 bridgehead atoms. The molecule has 1 unspecified atom stereocenters. The van der Waals surface area contributed by atoms with Gasteiger partial charge in [-0.15, -0.1) is 0 Å². The van der Waals surface area contributed by atoms with Crippen LogP contribution in [0.5, 0.6) is 5.75 Å². The summed E-state index contributed by atoms with van der Waals surface area (Å²) in [5.74, 6) is 0.556. The number of hydrogen-bond donors (Lipinski definition) is 0. The van der Waals surface area contributed by atoms with Crippen LogP contribution in [0.4, 0.5) is 0 Å². The Morgan fingerprint density at radius 2 is 2.05 bits per heavy atom. The first kappa shape index (κ1) is 14.9. The molecular formula is C15H18ClNO3. The molecule has 4 nitrogen and oxygen atoms in total. The number of nitrogens with zero attached hydrogens (tertiary/aromatic N) is 1. The molecular weight excluding hydrogens is 278 g/mol. The Morgan fingerprint density at radius 3 is 2.75 bits per heavy atom. The van der Waals surface area contributed by atoms with Gasteiger partial charge in [-0.05, 0) is 36.6 Å². The van der Waals surface area contributed by atoms with E-state index >= 15 is 0 Å². The van der Waals surface area contributed by atoms with Crippen molar-refractivity contribution in [3.63, 3.8) is 0 Å². The van der Waals surface area contributed by atoms with Crippen LogP contribution in [0, 0.1) is 5.92 Å². The van der Waals surface area contributed by atoms with E-state index in [1.165, 1.54) is 0 Å². The largest absolute Gasteiger partial charge is 0.493 e. The second-order valence-electron chi connectivity index (χ2n) is 4.89. The second-order valence-corrected chi connectivity index (χ2v) is 5.27. The third-order valence-corrected chi connectivity index (χ3v) is 3.73. The molecule has 1 amide bonds. The number of ether oxygens (including phenoxy) is 1. The topological polar surface area (TPSA) is 46.6 Å². The Labute approximate surface area is 123 Å². The molecule has 1 aromatic rings. The number of carbonyl (C=O) groups is 2. The van der Waals surface area contributed by atoms with Gasteiger partial charge < -0.3 is 9.64 Å². The van der Waals surface area contributed by atoms with E-state index in [1.807, 2.05) is 30.3 Å². The maximum Gasteiger partial charge on any atom is 0.226 e. The molecule has 20 heavy (non-hydrogen) atoms. The highest BCUT2D eigenvalue weighted by Gasteiger charge is 2.27. The van der Waals surface area contributed by atoms with Crippen molar-refractivity contribution in [1.82, 2.24) is 4.90 Å². The summed E-state index contributed by atoms with van der Waals surface area (Å²) >= 11 is 5.51. The van der Waals surface area contributed by atoms with Crippen molar-refractivity contribution >= 4 is 22.8 Å². The first-order valence-electron chi connectivity index (χ1n) is 6.82. The van der Waals surface area contributed by atoms with Crippen molar-refractivity contribution in [2.75, 3.05) is 19.7 Å². The van der Waals surface area contributed by atoms with Gasteiger partial charge in [0.1, 0.15) is 5.75 Å². The van der Waals surface area contributed by atoms with Crippen molar-refractivity contribution in [1.29, 1.82) is 0 Å². The molecule has 2 rings (SSSR count). The molecule has 108 valence electrons. The van der Waals surface area contributed by atoms with Crippen LogP contribution in [-0.2, 0) is 9.59 Å². The average molecular weight is 296 g/mol. The molecule has 0 N–H and O–H groups in total. The fourth-order valence-electron chi connectivity index (χ4n) is 2.32. The number of amides is 1. The molecule has 1 aliphatic heterocycles. The Hall–Kier alpha value is -1.55. The van der Waals surface area contributed by atoms with E-state index in [4.69, 9.17) is 16.3 Å². The van der Waals surface area contributed by atoms with Gasteiger partial charge in [0.15, 0.2) is 0 Å². The standard InChI is InChI=1S/C15H18ClNO3/c16-15(19)12-5-4-9-17(11-12)14(18)8-10-20-13-6-2-1-3-7-13/h1-3,6-7,12H,4-5,8-11H2. The van der Waals surface area contributed by atoms with Crippen molar-refractivity contribution < 1.29 is 14.3 Å². The molecule has 1 aliphatic rings. The lowest BCUT2D eigenvalue weighted by molar-refractivity contribution is -0.134. The molecule has 1 saturated heterocycles. The number of rotatable bonds is 5. The first-order chi connectivity index (χ1) is 9.66. The maximum absolute atomic E-state index is 12.0. The fraction of sp³-hybridized carbons (Fsp3) is 0.467. The number of likely N-dealkylation sites (tertiary alicyclic amines) is 1. The molecule has 1 fully saturated rings. The summed E-state index contributed by atoms with van der Waals surface area (Å²) in [7, 11) is 0. The monoisotopic (exact) mass is 295 g/mol. The molecule has 1 heterocycles. The van der Waals surface area contributed by atoms with Gasteiger partial charge in [0.05, 0.1) is 18.9 Å². The third-order valence-electron chi connectivity index (χ3n) is 3.42. The Kier molecular flexibility index (Phi) is 5.41.